The first-order valence-corrected chi connectivity index (χ1v) is 8.74. The van der Waals surface area contributed by atoms with Crippen LogP contribution in [0, 0.1) is 15.9 Å². The third-order valence-corrected chi connectivity index (χ3v) is 5.50. The molecule has 1 aromatic carbocycles. The smallest absolute Gasteiger partial charge is 0.258 e. The summed E-state index contributed by atoms with van der Waals surface area (Å²) in [7, 11) is -4.13. The fourth-order valence-corrected chi connectivity index (χ4v) is 4.36. The molecular formula is C12H14BrFN2O4S. The minimum atomic E-state index is -4.13. The Labute approximate surface area is 130 Å². The highest BCUT2D eigenvalue weighted by Crippen LogP contribution is 2.29. The lowest BCUT2D eigenvalue weighted by Gasteiger charge is -2.22. The first-order valence-electron chi connectivity index (χ1n) is 6.47. The number of sulfonamides is 1. The molecular weight excluding hydrogens is 367 g/mol. The van der Waals surface area contributed by atoms with Crippen LogP contribution in [0.25, 0.3) is 0 Å². The molecule has 1 aliphatic rings. The van der Waals surface area contributed by atoms with E-state index in [1.807, 2.05) is 0 Å². The number of nitro groups is 1. The van der Waals surface area contributed by atoms with Crippen molar-refractivity contribution < 1.29 is 17.7 Å². The molecule has 0 atom stereocenters. The van der Waals surface area contributed by atoms with Crippen molar-refractivity contribution in [3.05, 3.63) is 32.5 Å². The van der Waals surface area contributed by atoms with Gasteiger partial charge in [0.25, 0.3) is 5.69 Å². The second-order valence-electron chi connectivity index (χ2n) is 4.95. The maximum atomic E-state index is 14.0. The van der Waals surface area contributed by atoms with Crippen LogP contribution in [0.3, 0.4) is 0 Å². The molecule has 1 saturated carbocycles. The van der Waals surface area contributed by atoms with E-state index in [1.165, 1.54) is 0 Å². The predicted octanol–water partition coefficient (Wildman–Crippen LogP) is 3.11. The summed E-state index contributed by atoms with van der Waals surface area (Å²) in [6, 6.07) is 1.43. The van der Waals surface area contributed by atoms with Crippen molar-refractivity contribution in [2.75, 3.05) is 0 Å². The van der Waals surface area contributed by atoms with Crippen molar-refractivity contribution in [1.29, 1.82) is 0 Å². The van der Waals surface area contributed by atoms with Crippen LogP contribution in [0.2, 0.25) is 0 Å². The lowest BCUT2D eigenvalue weighted by molar-refractivity contribution is -0.385. The lowest BCUT2D eigenvalue weighted by atomic mass is 9.96. The van der Waals surface area contributed by atoms with E-state index in [1.54, 1.807) is 0 Å². The summed E-state index contributed by atoms with van der Waals surface area (Å²) in [5, 5.41) is 10.8. The fourth-order valence-electron chi connectivity index (χ4n) is 2.35. The second-order valence-corrected chi connectivity index (χ2v) is 7.49. The minimum Gasteiger partial charge on any atom is -0.258 e. The number of nitrogens with zero attached hydrogens (tertiary/aromatic N) is 1. The third kappa shape index (κ3) is 3.78. The van der Waals surface area contributed by atoms with Gasteiger partial charge in [-0.15, -0.1) is 0 Å². The molecule has 0 bridgehead atoms. The molecule has 6 nitrogen and oxygen atoms in total. The van der Waals surface area contributed by atoms with Crippen LogP contribution in [0.15, 0.2) is 21.5 Å². The first-order chi connectivity index (χ1) is 9.81. The molecule has 2 rings (SSSR count). The molecule has 0 amide bonds. The molecule has 1 N–H and O–H groups in total. The first kappa shape index (κ1) is 16.3. The molecule has 9 heteroatoms. The third-order valence-electron chi connectivity index (χ3n) is 3.41. The summed E-state index contributed by atoms with van der Waals surface area (Å²) in [4.78, 5) is 9.32. The number of rotatable bonds is 4. The Balaban J connectivity index is 2.36. The number of hydrogen-bond acceptors (Lipinski definition) is 4. The van der Waals surface area contributed by atoms with E-state index in [9.17, 15) is 22.9 Å². The summed E-state index contributed by atoms with van der Waals surface area (Å²) in [5.41, 5.74) is -0.479. The van der Waals surface area contributed by atoms with Gasteiger partial charge in [-0.3, -0.25) is 10.1 Å². The average molecular weight is 381 g/mol. The van der Waals surface area contributed by atoms with Crippen molar-refractivity contribution >= 4 is 31.6 Å². The summed E-state index contributed by atoms with van der Waals surface area (Å²) >= 11 is 2.81. The van der Waals surface area contributed by atoms with Gasteiger partial charge in [-0.25, -0.2) is 17.5 Å². The predicted molar refractivity (Wildman–Crippen MR) is 77.9 cm³/mol. The van der Waals surface area contributed by atoms with Crippen LogP contribution in [0.5, 0.6) is 0 Å². The van der Waals surface area contributed by atoms with Gasteiger partial charge >= 0.3 is 0 Å². The Bertz CT molecular complexity index is 659. The van der Waals surface area contributed by atoms with Gasteiger partial charge in [0.2, 0.25) is 10.0 Å². The van der Waals surface area contributed by atoms with Gasteiger partial charge in [0.05, 0.1) is 9.40 Å². The van der Waals surface area contributed by atoms with Crippen LogP contribution in [0.1, 0.15) is 32.1 Å². The number of hydrogen-bond donors (Lipinski definition) is 1. The Morgan fingerprint density at radius 2 is 1.90 bits per heavy atom. The fraction of sp³-hybridized carbons (Fsp3) is 0.500. The molecule has 21 heavy (non-hydrogen) atoms. The normalized spacial score (nSPS) is 16.9. The highest BCUT2D eigenvalue weighted by Gasteiger charge is 2.28. The summed E-state index contributed by atoms with van der Waals surface area (Å²) in [5.74, 6) is -1.02. The second kappa shape index (κ2) is 6.37. The van der Waals surface area contributed by atoms with Crippen LogP contribution in [-0.2, 0) is 10.0 Å². The van der Waals surface area contributed by atoms with Gasteiger partial charge in [-0.2, -0.15) is 0 Å². The van der Waals surface area contributed by atoms with Crippen LogP contribution >= 0.6 is 15.9 Å². The summed E-state index contributed by atoms with van der Waals surface area (Å²) < 4.78 is 40.7. The van der Waals surface area contributed by atoms with Gasteiger partial charge in [-0.05, 0) is 28.8 Å². The van der Waals surface area contributed by atoms with Crippen molar-refractivity contribution in [3.63, 3.8) is 0 Å². The zero-order valence-corrected chi connectivity index (χ0v) is 13.4. The van der Waals surface area contributed by atoms with E-state index in [4.69, 9.17) is 0 Å². The van der Waals surface area contributed by atoms with Gasteiger partial charge < -0.3 is 0 Å². The zero-order chi connectivity index (χ0) is 15.6. The number of benzene rings is 1. The topological polar surface area (TPSA) is 89.3 Å². The van der Waals surface area contributed by atoms with Crippen molar-refractivity contribution in [3.8, 4) is 0 Å². The maximum absolute atomic E-state index is 14.0. The molecule has 0 unspecified atom stereocenters. The molecule has 1 fully saturated rings. The van der Waals surface area contributed by atoms with Gasteiger partial charge in [0.1, 0.15) is 4.90 Å². The lowest BCUT2D eigenvalue weighted by Crippen LogP contribution is -2.36. The maximum Gasteiger partial charge on any atom is 0.272 e. The van der Waals surface area contributed by atoms with E-state index < -0.39 is 31.3 Å². The standard InChI is InChI=1S/C12H14BrFN2O4S/c13-10-6-9(16(17)18)7-11(12(10)14)21(19,20)15-8-4-2-1-3-5-8/h6-8,15H,1-5H2. The van der Waals surface area contributed by atoms with Crippen LogP contribution in [-0.4, -0.2) is 19.4 Å². The Morgan fingerprint density at radius 1 is 1.29 bits per heavy atom. The highest BCUT2D eigenvalue weighted by atomic mass is 79.9. The molecule has 1 aromatic rings. The van der Waals surface area contributed by atoms with E-state index in [0.717, 1.165) is 31.4 Å². The van der Waals surface area contributed by atoms with Crippen molar-refractivity contribution in [1.82, 2.24) is 4.72 Å². The Hall–Kier alpha value is -1.06. The summed E-state index contributed by atoms with van der Waals surface area (Å²) in [6.45, 7) is 0. The molecule has 116 valence electrons. The van der Waals surface area contributed by atoms with E-state index in [2.05, 4.69) is 20.7 Å². The van der Waals surface area contributed by atoms with Crippen molar-refractivity contribution in [2.45, 2.75) is 43.0 Å². The number of nitro benzene ring substituents is 1. The van der Waals surface area contributed by atoms with Crippen molar-refractivity contribution in [2.24, 2.45) is 0 Å². The van der Waals surface area contributed by atoms with Crippen LogP contribution < -0.4 is 4.72 Å². The number of halogens is 2. The van der Waals surface area contributed by atoms with E-state index in [-0.39, 0.29) is 10.5 Å². The van der Waals surface area contributed by atoms with Crippen LogP contribution in [0.4, 0.5) is 10.1 Å². The average Bonchev–Trinajstić information content (AvgIpc) is 2.41. The molecule has 0 saturated heterocycles. The summed E-state index contributed by atoms with van der Waals surface area (Å²) in [6.07, 6.45) is 4.26. The Kier molecular flexibility index (Phi) is 4.95. The largest absolute Gasteiger partial charge is 0.272 e. The van der Waals surface area contributed by atoms with Gasteiger partial charge in [0.15, 0.2) is 5.82 Å². The monoisotopic (exact) mass is 380 g/mol. The Morgan fingerprint density at radius 3 is 2.48 bits per heavy atom. The molecule has 0 heterocycles. The van der Waals surface area contributed by atoms with Gasteiger partial charge in [-0.1, -0.05) is 19.3 Å². The quantitative estimate of drug-likeness (QED) is 0.641. The SMILES string of the molecule is O=[N+]([O-])c1cc(Br)c(F)c(S(=O)(=O)NC2CCCCC2)c1. The number of non-ortho nitro benzene ring substituents is 1. The van der Waals surface area contributed by atoms with Gasteiger partial charge in [0, 0.05) is 18.2 Å². The van der Waals surface area contributed by atoms with E-state index in [0.29, 0.717) is 12.8 Å². The zero-order valence-electron chi connectivity index (χ0n) is 11.0. The molecule has 0 aromatic heterocycles. The minimum absolute atomic E-state index is 0.249. The number of nitrogens with one attached hydrogen (secondary N) is 1. The molecule has 0 spiro atoms. The highest BCUT2D eigenvalue weighted by molar-refractivity contribution is 9.10. The molecule has 0 aliphatic heterocycles. The van der Waals surface area contributed by atoms with E-state index >= 15 is 0 Å². The molecule has 1 aliphatic carbocycles. The molecule has 0 radical (unpaired) electrons.